The molecule has 0 spiro atoms. The maximum atomic E-state index is 12.6. The molecule has 0 heterocycles. The van der Waals surface area contributed by atoms with Crippen LogP contribution in [0.4, 0.5) is 0 Å². The molecule has 0 aliphatic rings. The van der Waals surface area contributed by atoms with Crippen LogP contribution < -0.4 is 10.2 Å². The van der Waals surface area contributed by atoms with Crippen molar-refractivity contribution < 1.29 is 18.1 Å². The van der Waals surface area contributed by atoms with Gasteiger partial charge in [-0.15, -0.1) is 0 Å². The minimum absolute atomic E-state index is 0.0296. The molecule has 2 N–H and O–H groups in total. The number of nitrogens with one attached hydrogen (secondary N) is 1. The fraction of sp³-hybridized carbons (Fsp3) is 0.625. The number of hydrogen-bond acceptors (Lipinski definition) is 4. The van der Waals surface area contributed by atoms with Crippen LogP contribution in [0.15, 0.2) is 29.2 Å². The molecule has 130 valence electrons. The van der Waals surface area contributed by atoms with Gasteiger partial charge < -0.3 is 9.68 Å². The lowest BCUT2D eigenvalue weighted by Crippen LogP contribution is -2.48. The average molecular weight is 341 g/mol. The topological polar surface area (TPSA) is 75.6 Å². The van der Waals surface area contributed by atoms with E-state index in [9.17, 15) is 13.4 Å². The molecule has 0 amide bonds. The molecule has 0 atom stereocenters. The van der Waals surface area contributed by atoms with Gasteiger partial charge in [0, 0.05) is 11.0 Å². The Balaban J connectivity index is 3.21. The van der Waals surface area contributed by atoms with Crippen molar-refractivity contribution in [1.82, 2.24) is 4.72 Å². The van der Waals surface area contributed by atoms with E-state index in [-0.39, 0.29) is 16.3 Å². The molecule has 1 aromatic rings. The third kappa shape index (κ3) is 5.60. The molecule has 0 bridgehead atoms. The van der Waals surface area contributed by atoms with Gasteiger partial charge in [0.2, 0.25) is 10.0 Å². The lowest BCUT2D eigenvalue weighted by Gasteiger charge is -2.32. The quantitative estimate of drug-likeness (QED) is 0.775. The Hall–Kier alpha value is -0.885. The van der Waals surface area contributed by atoms with Gasteiger partial charge in [-0.3, -0.25) is 0 Å². The molecule has 1 aromatic carbocycles. The Bertz CT molecular complexity index is 636. The summed E-state index contributed by atoms with van der Waals surface area (Å²) in [5.74, 6) is 0.161. The molecular formula is C16H28BNO4S. The van der Waals surface area contributed by atoms with Crippen molar-refractivity contribution in [2.75, 3.05) is 0 Å². The highest BCUT2D eigenvalue weighted by atomic mass is 32.2. The second kappa shape index (κ2) is 6.93. The van der Waals surface area contributed by atoms with E-state index in [1.165, 1.54) is 6.07 Å². The Morgan fingerprint density at radius 2 is 1.65 bits per heavy atom. The summed E-state index contributed by atoms with van der Waals surface area (Å²) in [6.45, 7) is 13.0. The van der Waals surface area contributed by atoms with Gasteiger partial charge in [0.25, 0.3) is 0 Å². The minimum atomic E-state index is -3.76. The van der Waals surface area contributed by atoms with E-state index in [4.69, 9.17) is 4.65 Å². The maximum Gasteiger partial charge on any atom is 0.492 e. The molecule has 1 rings (SSSR count). The molecule has 0 fully saturated rings. The Kier molecular flexibility index (Phi) is 6.07. The second-order valence-electron chi connectivity index (χ2n) is 7.62. The number of hydrogen-bond donors (Lipinski definition) is 2. The number of rotatable bonds is 6. The van der Waals surface area contributed by atoms with Crippen molar-refractivity contribution in [1.29, 1.82) is 0 Å². The molecule has 7 heteroatoms. The van der Waals surface area contributed by atoms with Crippen molar-refractivity contribution in [2.45, 2.75) is 64.5 Å². The molecular weight excluding hydrogens is 313 g/mol. The van der Waals surface area contributed by atoms with Crippen LogP contribution in [0.5, 0.6) is 0 Å². The molecule has 0 aliphatic heterocycles. The Morgan fingerprint density at radius 3 is 2.13 bits per heavy atom. The summed E-state index contributed by atoms with van der Waals surface area (Å²) in [6.07, 6.45) is 0. The van der Waals surface area contributed by atoms with E-state index in [2.05, 4.69) is 4.72 Å². The summed E-state index contributed by atoms with van der Waals surface area (Å²) in [6, 6.07) is 6.35. The van der Waals surface area contributed by atoms with Crippen LogP contribution >= 0.6 is 0 Å². The fourth-order valence-electron chi connectivity index (χ4n) is 1.87. The standard InChI is InChI=1S/C16H28BNO4S/c1-12(2)16(6,7)22-17(19)13-10-8-9-11-14(13)23(20,21)18-15(3,4)5/h8-12,18-19H,1-7H3. The van der Waals surface area contributed by atoms with Crippen molar-refractivity contribution in [3.63, 3.8) is 0 Å². The van der Waals surface area contributed by atoms with E-state index in [1.54, 1.807) is 39.0 Å². The van der Waals surface area contributed by atoms with Crippen molar-refractivity contribution in [2.24, 2.45) is 5.92 Å². The lowest BCUT2D eigenvalue weighted by molar-refractivity contribution is 0.0422. The first-order valence-electron chi connectivity index (χ1n) is 7.75. The van der Waals surface area contributed by atoms with Crippen LogP contribution in [-0.4, -0.2) is 31.7 Å². The van der Waals surface area contributed by atoms with Gasteiger partial charge in [0.15, 0.2) is 0 Å². The highest BCUT2D eigenvalue weighted by Gasteiger charge is 2.34. The van der Waals surface area contributed by atoms with Crippen molar-refractivity contribution >= 4 is 22.6 Å². The molecule has 0 aromatic heterocycles. The molecule has 0 unspecified atom stereocenters. The molecule has 5 nitrogen and oxygen atoms in total. The van der Waals surface area contributed by atoms with E-state index in [0.717, 1.165) is 0 Å². The van der Waals surface area contributed by atoms with E-state index >= 15 is 0 Å². The molecule has 0 radical (unpaired) electrons. The third-order valence-corrected chi connectivity index (χ3v) is 5.55. The first kappa shape index (κ1) is 20.2. The zero-order valence-corrected chi connectivity index (χ0v) is 15.9. The Morgan fingerprint density at radius 1 is 1.13 bits per heavy atom. The third-order valence-electron chi connectivity index (χ3n) is 3.72. The van der Waals surface area contributed by atoms with Crippen LogP contribution in [0, 0.1) is 5.92 Å². The van der Waals surface area contributed by atoms with Gasteiger partial charge in [-0.2, -0.15) is 0 Å². The highest BCUT2D eigenvalue weighted by Crippen LogP contribution is 2.21. The zero-order valence-electron chi connectivity index (χ0n) is 15.0. The lowest BCUT2D eigenvalue weighted by atomic mass is 9.77. The van der Waals surface area contributed by atoms with Gasteiger partial charge in [-0.25, -0.2) is 13.1 Å². The molecule has 0 aliphatic carbocycles. The van der Waals surface area contributed by atoms with Crippen LogP contribution in [0.25, 0.3) is 0 Å². The number of sulfonamides is 1. The van der Waals surface area contributed by atoms with Gasteiger partial charge in [-0.1, -0.05) is 32.0 Å². The minimum Gasteiger partial charge on any atom is -0.423 e. The predicted molar refractivity (Wildman–Crippen MR) is 94.1 cm³/mol. The monoisotopic (exact) mass is 341 g/mol. The molecule has 0 saturated carbocycles. The first-order chi connectivity index (χ1) is 10.3. The fourth-order valence-corrected chi connectivity index (χ4v) is 3.53. The van der Waals surface area contributed by atoms with Crippen LogP contribution in [0.1, 0.15) is 48.5 Å². The van der Waals surface area contributed by atoms with E-state index < -0.39 is 28.3 Å². The maximum absolute atomic E-state index is 12.6. The smallest absolute Gasteiger partial charge is 0.423 e. The predicted octanol–water partition coefficient (Wildman–Crippen LogP) is 1.90. The van der Waals surface area contributed by atoms with Crippen molar-refractivity contribution in [3.8, 4) is 0 Å². The summed E-state index contributed by atoms with van der Waals surface area (Å²) in [5, 5.41) is 10.4. The summed E-state index contributed by atoms with van der Waals surface area (Å²) in [4.78, 5) is 0.0296. The van der Waals surface area contributed by atoms with Gasteiger partial charge in [-0.05, 0) is 46.6 Å². The molecule has 23 heavy (non-hydrogen) atoms. The summed E-state index contributed by atoms with van der Waals surface area (Å²) in [7, 11) is -5.08. The largest absolute Gasteiger partial charge is 0.492 e. The summed E-state index contributed by atoms with van der Waals surface area (Å²) >= 11 is 0. The van der Waals surface area contributed by atoms with Gasteiger partial charge >= 0.3 is 7.12 Å². The summed E-state index contributed by atoms with van der Waals surface area (Å²) < 4.78 is 33.5. The summed E-state index contributed by atoms with van der Waals surface area (Å²) in [5.41, 5.74) is -0.971. The second-order valence-corrected chi connectivity index (χ2v) is 9.27. The number of benzene rings is 1. The van der Waals surface area contributed by atoms with E-state index in [0.29, 0.717) is 0 Å². The SMILES string of the molecule is CC(C)C(C)(C)OB(O)c1ccccc1S(=O)(=O)NC(C)(C)C. The molecule has 0 saturated heterocycles. The van der Waals surface area contributed by atoms with Crippen LogP contribution in [0.2, 0.25) is 0 Å². The van der Waals surface area contributed by atoms with Gasteiger partial charge in [0.05, 0.1) is 10.5 Å². The van der Waals surface area contributed by atoms with Crippen LogP contribution in [-0.2, 0) is 14.7 Å². The van der Waals surface area contributed by atoms with Gasteiger partial charge in [0.1, 0.15) is 0 Å². The Labute approximate surface area is 140 Å². The highest BCUT2D eigenvalue weighted by molar-refractivity contribution is 7.89. The van der Waals surface area contributed by atoms with Crippen molar-refractivity contribution in [3.05, 3.63) is 24.3 Å². The van der Waals surface area contributed by atoms with Crippen LogP contribution in [0.3, 0.4) is 0 Å². The first-order valence-corrected chi connectivity index (χ1v) is 9.23. The normalized spacial score (nSPS) is 13.4. The van der Waals surface area contributed by atoms with E-state index in [1.807, 2.05) is 27.7 Å². The zero-order chi connectivity index (χ0) is 18.1. The average Bonchev–Trinajstić information content (AvgIpc) is 2.35.